The number of rotatable bonds is 4. The van der Waals surface area contributed by atoms with E-state index in [-0.39, 0.29) is 15.5 Å². The Morgan fingerprint density at radius 2 is 1.33 bits per heavy atom. The molecule has 2 aromatic carbocycles. The molecule has 0 aliphatic rings. The average Bonchev–Trinajstić information content (AvgIpc) is 2.46. The molecule has 0 fully saturated rings. The normalized spacial score (nSPS) is 12.2. The van der Waals surface area contributed by atoms with Crippen molar-refractivity contribution in [3.05, 3.63) is 52.6 Å². The van der Waals surface area contributed by atoms with E-state index in [1.807, 2.05) is 13.0 Å². The van der Waals surface area contributed by atoms with Gasteiger partial charge in [-0.15, -0.1) is 0 Å². The van der Waals surface area contributed by atoms with Crippen LogP contribution in [0, 0.1) is 27.7 Å². The van der Waals surface area contributed by atoms with Crippen LogP contribution in [0.15, 0.2) is 40.1 Å². The van der Waals surface area contributed by atoms with Crippen molar-refractivity contribution in [3.63, 3.8) is 0 Å². The maximum absolute atomic E-state index is 12.7. The molecule has 2 rings (SSSR count). The molecule has 5 nitrogen and oxygen atoms in total. The Morgan fingerprint density at radius 1 is 0.792 bits per heavy atom. The van der Waals surface area contributed by atoms with E-state index in [1.54, 1.807) is 26.8 Å². The van der Waals surface area contributed by atoms with Crippen LogP contribution in [-0.2, 0) is 20.0 Å². The third kappa shape index (κ3) is 3.62. The van der Waals surface area contributed by atoms with Crippen molar-refractivity contribution >= 4 is 20.0 Å². The van der Waals surface area contributed by atoms with Crippen LogP contribution in [0.1, 0.15) is 22.3 Å². The van der Waals surface area contributed by atoms with Crippen LogP contribution in [0.3, 0.4) is 0 Å². The van der Waals surface area contributed by atoms with Gasteiger partial charge >= 0.3 is 10.1 Å². The molecule has 0 N–H and O–H groups in total. The van der Waals surface area contributed by atoms with Gasteiger partial charge in [0.2, 0.25) is 0 Å². The van der Waals surface area contributed by atoms with Gasteiger partial charge in [0.25, 0.3) is 0 Å². The van der Waals surface area contributed by atoms with Gasteiger partial charge in [-0.1, -0.05) is 18.2 Å². The van der Waals surface area contributed by atoms with Gasteiger partial charge in [0.15, 0.2) is 9.84 Å². The van der Waals surface area contributed by atoms with Crippen LogP contribution in [-0.4, -0.2) is 23.1 Å². The Hall–Kier alpha value is -1.86. The van der Waals surface area contributed by atoms with Crippen molar-refractivity contribution in [1.29, 1.82) is 0 Å². The molecule has 0 heterocycles. The van der Waals surface area contributed by atoms with E-state index in [9.17, 15) is 16.8 Å². The Kier molecular flexibility index (Phi) is 4.79. The molecule has 2 aromatic rings. The summed E-state index contributed by atoms with van der Waals surface area (Å²) < 4.78 is 54.2. The van der Waals surface area contributed by atoms with Crippen molar-refractivity contribution in [2.24, 2.45) is 0 Å². The molecular weight excluding hydrogens is 348 g/mol. The lowest BCUT2D eigenvalue weighted by molar-refractivity contribution is 0.481. The molecule has 0 aliphatic carbocycles. The second kappa shape index (κ2) is 6.22. The molecule has 24 heavy (non-hydrogen) atoms. The lowest BCUT2D eigenvalue weighted by atomic mass is 10.1. The second-order valence-corrected chi connectivity index (χ2v) is 9.42. The largest absolute Gasteiger partial charge is 0.378 e. The van der Waals surface area contributed by atoms with Crippen LogP contribution in [0.2, 0.25) is 0 Å². The predicted molar refractivity (Wildman–Crippen MR) is 92.8 cm³/mol. The number of hydrogen-bond acceptors (Lipinski definition) is 5. The van der Waals surface area contributed by atoms with E-state index < -0.39 is 20.0 Å². The summed E-state index contributed by atoms with van der Waals surface area (Å²) in [7, 11) is -7.67. The Labute approximate surface area is 143 Å². The van der Waals surface area contributed by atoms with E-state index in [0.29, 0.717) is 11.1 Å². The summed E-state index contributed by atoms with van der Waals surface area (Å²) in [6.45, 7) is 7.01. The van der Waals surface area contributed by atoms with E-state index >= 15 is 0 Å². The summed E-state index contributed by atoms with van der Waals surface area (Å²) in [5.41, 5.74) is 2.76. The minimum Gasteiger partial charge on any atom is -0.378 e. The highest BCUT2D eigenvalue weighted by Crippen LogP contribution is 2.30. The predicted octanol–water partition coefficient (Wildman–Crippen LogP) is 3.09. The number of hydrogen-bond donors (Lipinski definition) is 0. The molecule has 7 heteroatoms. The SMILES string of the molecule is Cc1ccc(S(C)(=O)=O)cc1S(=O)(=O)Oc1c(C)ccc(C)c1C. The molecule has 0 spiro atoms. The van der Waals surface area contributed by atoms with Crippen LogP contribution in [0.5, 0.6) is 5.75 Å². The summed E-state index contributed by atoms with van der Waals surface area (Å²) in [6, 6.07) is 7.66. The van der Waals surface area contributed by atoms with Crippen LogP contribution < -0.4 is 4.18 Å². The van der Waals surface area contributed by atoms with Crippen molar-refractivity contribution in [2.45, 2.75) is 37.5 Å². The molecule has 0 saturated heterocycles. The first-order chi connectivity index (χ1) is 10.9. The Morgan fingerprint density at radius 3 is 1.92 bits per heavy atom. The molecule has 0 saturated carbocycles. The number of sulfone groups is 1. The zero-order valence-corrected chi connectivity index (χ0v) is 15.9. The van der Waals surface area contributed by atoms with Gasteiger partial charge in [0.1, 0.15) is 10.6 Å². The summed E-state index contributed by atoms with van der Waals surface area (Å²) >= 11 is 0. The van der Waals surface area contributed by atoms with Gasteiger partial charge in [-0.25, -0.2) is 8.42 Å². The first-order valence-corrected chi connectivity index (χ1v) is 10.6. The molecule has 0 aromatic heterocycles. The first-order valence-electron chi connectivity index (χ1n) is 7.25. The van der Waals surface area contributed by atoms with E-state index in [2.05, 4.69) is 0 Å². The fourth-order valence-electron chi connectivity index (χ4n) is 2.29. The molecule has 0 atom stereocenters. The van der Waals surface area contributed by atoms with Gasteiger partial charge in [0.05, 0.1) is 4.90 Å². The monoisotopic (exact) mass is 368 g/mol. The first kappa shape index (κ1) is 18.5. The fraction of sp³-hybridized carbons (Fsp3) is 0.294. The highest BCUT2D eigenvalue weighted by molar-refractivity contribution is 7.90. The zero-order chi connectivity index (χ0) is 18.3. The molecule has 0 unspecified atom stereocenters. The van der Waals surface area contributed by atoms with Gasteiger partial charge in [-0.2, -0.15) is 8.42 Å². The summed E-state index contributed by atoms with van der Waals surface area (Å²) in [4.78, 5) is -0.210. The fourth-order valence-corrected chi connectivity index (χ4v) is 4.31. The lowest BCUT2D eigenvalue weighted by Crippen LogP contribution is -2.14. The van der Waals surface area contributed by atoms with Gasteiger partial charge in [-0.3, -0.25) is 0 Å². The molecule has 130 valence electrons. The summed E-state index contributed by atoms with van der Waals surface area (Å²) in [6.07, 6.45) is 1.03. The Bertz CT molecular complexity index is 1000. The van der Waals surface area contributed by atoms with Gasteiger partial charge < -0.3 is 4.18 Å². The second-order valence-electron chi connectivity index (χ2n) is 5.89. The van der Waals surface area contributed by atoms with Crippen LogP contribution in [0.25, 0.3) is 0 Å². The Balaban J connectivity index is 2.59. The quantitative estimate of drug-likeness (QED) is 0.775. The van der Waals surface area contributed by atoms with E-state index in [0.717, 1.165) is 23.4 Å². The maximum atomic E-state index is 12.7. The summed E-state index contributed by atoms with van der Waals surface area (Å²) in [5, 5.41) is 0. The standard InChI is InChI=1S/C17H20O5S2/c1-11-6-7-13(3)17(14(11)4)22-24(20,21)16-10-15(23(5,18)19)9-8-12(16)2/h6-10H,1-5H3. The van der Waals surface area contributed by atoms with Gasteiger partial charge in [0, 0.05) is 6.26 Å². The van der Waals surface area contributed by atoms with E-state index in [1.165, 1.54) is 12.1 Å². The maximum Gasteiger partial charge on any atom is 0.339 e. The topological polar surface area (TPSA) is 77.5 Å². The lowest BCUT2D eigenvalue weighted by Gasteiger charge is -2.15. The van der Waals surface area contributed by atoms with E-state index in [4.69, 9.17) is 4.18 Å². The molecule has 0 aliphatic heterocycles. The molecule has 0 bridgehead atoms. The van der Waals surface area contributed by atoms with Crippen molar-refractivity contribution in [1.82, 2.24) is 0 Å². The zero-order valence-electron chi connectivity index (χ0n) is 14.2. The van der Waals surface area contributed by atoms with Crippen molar-refractivity contribution in [2.75, 3.05) is 6.26 Å². The third-order valence-electron chi connectivity index (χ3n) is 3.92. The average molecular weight is 368 g/mol. The number of benzene rings is 2. The smallest absolute Gasteiger partial charge is 0.339 e. The molecular formula is C17H20O5S2. The minimum atomic E-state index is -4.15. The molecule has 0 radical (unpaired) electrons. The van der Waals surface area contributed by atoms with Crippen molar-refractivity contribution < 1.29 is 21.0 Å². The van der Waals surface area contributed by atoms with Crippen LogP contribution in [0.4, 0.5) is 0 Å². The van der Waals surface area contributed by atoms with Crippen LogP contribution >= 0.6 is 0 Å². The summed E-state index contributed by atoms with van der Waals surface area (Å²) in [5.74, 6) is 0.277. The minimum absolute atomic E-state index is 0.0621. The highest BCUT2D eigenvalue weighted by atomic mass is 32.2. The van der Waals surface area contributed by atoms with Crippen molar-refractivity contribution in [3.8, 4) is 5.75 Å². The highest BCUT2D eigenvalue weighted by Gasteiger charge is 2.23. The van der Waals surface area contributed by atoms with Gasteiger partial charge in [-0.05, 0) is 62.1 Å². The molecule has 0 amide bonds. The third-order valence-corrected chi connectivity index (χ3v) is 6.40. The number of aryl methyl sites for hydroxylation is 3.